The van der Waals surface area contributed by atoms with E-state index in [9.17, 15) is 4.79 Å². The van der Waals surface area contributed by atoms with E-state index in [1.807, 2.05) is 56.4 Å². The van der Waals surface area contributed by atoms with Gasteiger partial charge < -0.3 is 24.3 Å². The van der Waals surface area contributed by atoms with Crippen molar-refractivity contribution in [3.63, 3.8) is 0 Å². The van der Waals surface area contributed by atoms with Crippen LogP contribution in [0, 0.1) is 0 Å². The van der Waals surface area contributed by atoms with Crippen LogP contribution in [-0.2, 0) is 20.5 Å². The number of fused-ring (bicyclic) bond motifs is 1. The van der Waals surface area contributed by atoms with E-state index in [0.29, 0.717) is 5.69 Å². The molecule has 2 N–H and O–H groups in total. The van der Waals surface area contributed by atoms with Crippen LogP contribution < -0.4 is 10.6 Å². The van der Waals surface area contributed by atoms with E-state index in [-0.39, 0.29) is 5.91 Å². The van der Waals surface area contributed by atoms with Crippen LogP contribution in [-0.4, -0.2) is 32.4 Å². The molecule has 32 heavy (non-hydrogen) atoms. The number of nitrogens with one attached hydrogen (secondary N) is 2. The van der Waals surface area contributed by atoms with Crippen LogP contribution in [0.15, 0.2) is 61.6 Å². The first-order chi connectivity index (χ1) is 15.4. The molecule has 0 aliphatic carbocycles. The smallest absolute Gasteiger partial charge is 0.272 e. The van der Waals surface area contributed by atoms with E-state index in [0.717, 1.165) is 46.9 Å². The Kier molecular flexibility index (Phi) is 6.19. The lowest BCUT2D eigenvalue weighted by Crippen LogP contribution is -2.14. The van der Waals surface area contributed by atoms with Crippen molar-refractivity contribution in [2.75, 3.05) is 23.4 Å². The topological polar surface area (TPSA) is 55.9 Å². The van der Waals surface area contributed by atoms with E-state index in [4.69, 9.17) is 0 Å². The molecule has 0 spiro atoms. The van der Waals surface area contributed by atoms with Crippen molar-refractivity contribution in [3.8, 4) is 0 Å². The van der Waals surface area contributed by atoms with Gasteiger partial charge >= 0.3 is 0 Å². The molecule has 166 valence electrons. The average molecular weight is 448 g/mol. The maximum atomic E-state index is 12.8. The molecule has 1 amide bonds. The van der Waals surface area contributed by atoms with Gasteiger partial charge in [-0.2, -0.15) is 12.6 Å². The van der Waals surface area contributed by atoms with Crippen LogP contribution in [0.5, 0.6) is 0 Å². The van der Waals surface area contributed by atoms with Crippen molar-refractivity contribution >= 4 is 46.5 Å². The quantitative estimate of drug-likeness (QED) is 0.333. The number of hydrogen-bond acceptors (Lipinski definition) is 3. The van der Waals surface area contributed by atoms with Crippen LogP contribution in [0.25, 0.3) is 16.6 Å². The highest BCUT2D eigenvalue weighted by Crippen LogP contribution is 2.27. The standard InChI is InChI=1S/C25H29N5OS/c1-17(30-10-9-19-12-18(6-5-11-32)7-8-22(19)30)23-14-21(16-28(23)3)27-25(31)24-13-20(26-2)15-29(24)4/h7-10,12-16,26,32H,1,5-6,11H2,2-4H3,(H,27,31). The van der Waals surface area contributed by atoms with Crippen LogP contribution in [0.1, 0.15) is 28.2 Å². The minimum atomic E-state index is -0.156. The molecule has 6 nitrogen and oxygen atoms in total. The van der Waals surface area contributed by atoms with E-state index in [1.165, 1.54) is 10.9 Å². The first kappa shape index (κ1) is 21.9. The Morgan fingerprint density at radius 2 is 1.75 bits per heavy atom. The van der Waals surface area contributed by atoms with Crippen LogP contribution in [0.4, 0.5) is 11.4 Å². The monoisotopic (exact) mass is 447 g/mol. The molecule has 0 aliphatic heterocycles. The summed E-state index contributed by atoms with van der Waals surface area (Å²) in [5.41, 5.74) is 6.42. The molecule has 0 radical (unpaired) electrons. The lowest BCUT2D eigenvalue weighted by Gasteiger charge is -2.11. The molecule has 3 heterocycles. The maximum absolute atomic E-state index is 12.8. The van der Waals surface area contributed by atoms with Crippen molar-refractivity contribution in [3.05, 3.63) is 78.5 Å². The van der Waals surface area contributed by atoms with Gasteiger partial charge in [0.1, 0.15) is 5.69 Å². The van der Waals surface area contributed by atoms with Crippen LogP contribution >= 0.6 is 12.6 Å². The third-order valence-electron chi connectivity index (χ3n) is 5.75. The number of nitrogens with zero attached hydrogens (tertiary/aromatic N) is 3. The maximum Gasteiger partial charge on any atom is 0.272 e. The third kappa shape index (κ3) is 4.21. The van der Waals surface area contributed by atoms with E-state index < -0.39 is 0 Å². The summed E-state index contributed by atoms with van der Waals surface area (Å²) >= 11 is 4.31. The molecule has 7 heteroatoms. The Balaban J connectivity index is 1.56. The molecular formula is C25H29N5OS. The normalized spacial score (nSPS) is 11.1. The van der Waals surface area contributed by atoms with Gasteiger partial charge in [0.2, 0.25) is 0 Å². The summed E-state index contributed by atoms with van der Waals surface area (Å²) in [5, 5.41) is 7.24. The number of rotatable bonds is 8. The van der Waals surface area contributed by atoms with Crippen LogP contribution in [0.3, 0.4) is 0 Å². The van der Waals surface area contributed by atoms with Gasteiger partial charge in [-0.25, -0.2) is 0 Å². The molecular weight excluding hydrogens is 418 g/mol. The highest BCUT2D eigenvalue weighted by atomic mass is 32.1. The Morgan fingerprint density at radius 3 is 2.47 bits per heavy atom. The number of anilines is 2. The molecule has 0 saturated heterocycles. The third-order valence-corrected chi connectivity index (χ3v) is 6.07. The summed E-state index contributed by atoms with van der Waals surface area (Å²) in [5.74, 6) is 0.736. The highest BCUT2D eigenvalue weighted by molar-refractivity contribution is 7.80. The minimum Gasteiger partial charge on any atom is -0.387 e. The summed E-state index contributed by atoms with van der Waals surface area (Å²) in [6.45, 7) is 4.34. The predicted octanol–water partition coefficient (Wildman–Crippen LogP) is 4.99. The second kappa shape index (κ2) is 9.04. The fraction of sp³-hybridized carbons (Fsp3) is 0.240. The minimum absolute atomic E-state index is 0.156. The zero-order valence-corrected chi connectivity index (χ0v) is 19.6. The van der Waals surface area contributed by atoms with Gasteiger partial charge in [0.15, 0.2) is 0 Å². The highest BCUT2D eigenvalue weighted by Gasteiger charge is 2.15. The lowest BCUT2D eigenvalue weighted by molar-refractivity contribution is 0.101. The van der Waals surface area contributed by atoms with Gasteiger partial charge in [0.25, 0.3) is 5.91 Å². The number of aryl methyl sites for hydroxylation is 3. The molecule has 0 atom stereocenters. The average Bonchev–Trinajstić information content (AvgIpc) is 3.47. The number of amides is 1. The van der Waals surface area contributed by atoms with Crippen molar-refractivity contribution in [2.24, 2.45) is 14.1 Å². The first-order valence-corrected chi connectivity index (χ1v) is 11.3. The zero-order chi connectivity index (χ0) is 22.8. The summed E-state index contributed by atoms with van der Waals surface area (Å²) in [6.07, 6.45) is 7.93. The molecule has 4 rings (SSSR count). The molecule has 4 aromatic rings. The van der Waals surface area contributed by atoms with E-state index in [1.54, 1.807) is 4.57 Å². The summed E-state index contributed by atoms with van der Waals surface area (Å²) < 4.78 is 5.88. The molecule has 0 aliphatic rings. The molecule has 0 fully saturated rings. The SMILES string of the molecule is C=C(c1cc(NC(=O)c2cc(NC)cn2C)cn1C)n1ccc2cc(CCCS)ccc21. The number of aromatic nitrogens is 3. The van der Waals surface area contributed by atoms with Gasteiger partial charge in [-0.1, -0.05) is 12.6 Å². The fourth-order valence-electron chi connectivity index (χ4n) is 4.03. The van der Waals surface area contributed by atoms with Gasteiger partial charge in [-0.05, 0) is 54.5 Å². The Hall–Kier alpha value is -3.32. The number of carbonyl (C=O) groups excluding carboxylic acids is 1. The molecule has 0 saturated carbocycles. The number of benzene rings is 1. The fourth-order valence-corrected chi connectivity index (χ4v) is 4.19. The Morgan fingerprint density at radius 1 is 1.03 bits per heavy atom. The first-order valence-electron chi connectivity index (χ1n) is 10.6. The van der Waals surface area contributed by atoms with Crippen molar-refractivity contribution in [2.45, 2.75) is 12.8 Å². The lowest BCUT2D eigenvalue weighted by atomic mass is 10.1. The van der Waals surface area contributed by atoms with E-state index in [2.05, 4.69) is 58.7 Å². The van der Waals surface area contributed by atoms with E-state index >= 15 is 0 Å². The molecule has 0 bridgehead atoms. The molecule has 1 aromatic carbocycles. The number of thiol groups is 1. The van der Waals surface area contributed by atoms with Gasteiger partial charge in [-0.3, -0.25) is 4.79 Å². The second-order valence-electron chi connectivity index (χ2n) is 8.01. The Labute approximate surface area is 193 Å². The Bertz CT molecular complexity index is 1290. The molecule has 0 unspecified atom stereocenters. The van der Waals surface area contributed by atoms with Gasteiger partial charge in [0.05, 0.1) is 28.3 Å². The number of carbonyl (C=O) groups is 1. The molecule has 3 aromatic heterocycles. The predicted molar refractivity (Wildman–Crippen MR) is 137 cm³/mol. The number of hydrogen-bond donors (Lipinski definition) is 3. The summed E-state index contributed by atoms with van der Waals surface area (Å²) in [7, 11) is 5.65. The summed E-state index contributed by atoms with van der Waals surface area (Å²) in [4.78, 5) is 12.8. The van der Waals surface area contributed by atoms with Crippen molar-refractivity contribution in [1.82, 2.24) is 13.7 Å². The van der Waals surface area contributed by atoms with Gasteiger partial charge in [-0.15, -0.1) is 0 Å². The van der Waals surface area contributed by atoms with Crippen molar-refractivity contribution < 1.29 is 4.79 Å². The van der Waals surface area contributed by atoms with Crippen molar-refractivity contribution in [1.29, 1.82) is 0 Å². The van der Waals surface area contributed by atoms with Crippen LogP contribution in [0.2, 0.25) is 0 Å². The zero-order valence-electron chi connectivity index (χ0n) is 18.7. The second-order valence-corrected chi connectivity index (χ2v) is 8.45. The largest absolute Gasteiger partial charge is 0.387 e. The summed E-state index contributed by atoms with van der Waals surface area (Å²) in [6, 6.07) is 12.5. The van der Waals surface area contributed by atoms with Gasteiger partial charge in [0, 0.05) is 45.1 Å².